The van der Waals surface area contributed by atoms with E-state index in [2.05, 4.69) is 0 Å². The molecular formula is C15H18N2O2. The molecule has 1 aliphatic rings. The molecule has 0 spiro atoms. The molecule has 0 bridgehead atoms. The Morgan fingerprint density at radius 2 is 1.89 bits per heavy atom. The zero-order valence-corrected chi connectivity index (χ0v) is 11.5. The van der Waals surface area contributed by atoms with E-state index < -0.39 is 0 Å². The van der Waals surface area contributed by atoms with E-state index >= 15 is 0 Å². The Labute approximate surface area is 113 Å². The molecular weight excluding hydrogens is 240 g/mol. The second-order valence-corrected chi connectivity index (χ2v) is 4.81. The van der Waals surface area contributed by atoms with Crippen molar-refractivity contribution in [3.8, 4) is 0 Å². The molecule has 4 heteroatoms. The lowest BCUT2D eigenvalue weighted by molar-refractivity contribution is 0.0908. The van der Waals surface area contributed by atoms with Gasteiger partial charge < -0.3 is 9.80 Å². The lowest BCUT2D eigenvalue weighted by Gasteiger charge is -2.36. The monoisotopic (exact) mass is 258 g/mol. The largest absolute Gasteiger partial charge is 0.324 e. The summed E-state index contributed by atoms with van der Waals surface area (Å²) in [6.07, 6.45) is 1.99. The zero-order valence-electron chi connectivity index (χ0n) is 11.5. The molecule has 2 rings (SSSR count). The number of rotatable bonds is 3. The first-order valence-corrected chi connectivity index (χ1v) is 6.31. The Morgan fingerprint density at radius 1 is 1.26 bits per heavy atom. The maximum Gasteiger partial charge on any atom is 0.324 e. The smallest absolute Gasteiger partial charge is 0.310 e. The summed E-state index contributed by atoms with van der Waals surface area (Å²) in [5.41, 5.74) is 1.55. The van der Waals surface area contributed by atoms with Gasteiger partial charge in [0, 0.05) is 18.3 Å². The number of nitrogens with zero attached hydrogens (tertiary/aromatic N) is 2. The average Bonchev–Trinajstić information content (AvgIpc) is 2.42. The average molecular weight is 258 g/mol. The molecule has 0 radical (unpaired) electrons. The Balaban J connectivity index is 2.15. The van der Waals surface area contributed by atoms with Gasteiger partial charge in [-0.1, -0.05) is 30.3 Å². The van der Waals surface area contributed by atoms with Gasteiger partial charge in [0.05, 0.1) is 12.6 Å². The van der Waals surface area contributed by atoms with Crippen LogP contribution < -0.4 is 0 Å². The predicted octanol–water partition coefficient (Wildman–Crippen LogP) is 2.53. The molecule has 19 heavy (non-hydrogen) atoms. The fourth-order valence-electron chi connectivity index (χ4n) is 2.15. The Hall–Kier alpha value is -2.10. The topological polar surface area (TPSA) is 40.6 Å². The third-order valence-corrected chi connectivity index (χ3v) is 3.45. The first kappa shape index (κ1) is 13.3. The molecule has 1 unspecified atom stereocenters. The second kappa shape index (κ2) is 5.26. The highest BCUT2D eigenvalue weighted by Crippen LogP contribution is 2.18. The third kappa shape index (κ3) is 2.67. The van der Waals surface area contributed by atoms with E-state index in [1.165, 1.54) is 0 Å². The van der Waals surface area contributed by atoms with Crippen molar-refractivity contribution in [2.45, 2.75) is 19.9 Å². The Morgan fingerprint density at radius 3 is 2.53 bits per heavy atom. The number of urea groups is 1. The number of ketones is 1. The summed E-state index contributed by atoms with van der Waals surface area (Å²) in [4.78, 5) is 27.5. The molecule has 1 aliphatic heterocycles. The van der Waals surface area contributed by atoms with Crippen molar-refractivity contribution < 1.29 is 9.59 Å². The number of benzene rings is 1. The quantitative estimate of drug-likeness (QED) is 0.782. The maximum atomic E-state index is 12.2. The van der Waals surface area contributed by atoms with Crippen LogP contribution in [-0.4, -0.2) is 41.2 Å². The predicted molar refractivity (Wildman–Crippen MR) is 73.9 cm³/mol. The zero-order chi connectivity index (χ0) is 14.0. The van der Waals surface area contributed by atoms with Crippen molar-refractivity contribution in [1.29, 1.82) is 0 Å². The van der Waals surface area contributed by atoms with Gasteiger partial charge in [0.25, 0.3) is 0 Å². The van der Waals surface area contributed by atoms with Gasteiger partial charge in [-0.05, 0) is 19.9 Å². The Bertz CT molecular complexity index is 522. The Kier molecular flexibility index (Phi) is 3.69. The molecule has 0 aliphatic carbocycles. The van der Waals surface area contributed by atoms with Crippen molar-refractivity contribution in [2.75, 3.05) is 13.6 Å². The van der Waals surface area contributed by atoms with Gasteiger partial charge in [-0.2, -0.15) is 0 Å². The number of hydrogen-bond acceptors (Lipinski definition) is 2. The van der Waals surface area contributed by atoms with Crippen LogP contribution in [0.4, 0.5) is 4.79 Å². The number of allylic oxidation sites excluding steroid dienone is 1. The fourth-order valence-corrected chi connectivity index (χ4v) is 2.15. The molecule has 100 valence electrons. The van der Waals surface area contributed by atoms with Crippen LogP contribution in [0.5, 0.6) is 0 Å². The molecule has 0 saturated heterocycles. The van der Waals surface area contributed by atoms with Crippen molar-refractivity contribution in [1.82, 2.24) is 9.80 Å². The molecule has 0 fully saturated rings. The summed E-state index contributed by atoms with van der Waals surface area (Å²) in [6.45, 7) is 3.93. The lowest BCUT2D eigenvalue weighted by Crippen LogP contribution is -2.50. The first-order valence-electron chi connectivity index (χ1n) is 6.31. The number of Topliss-reactive ketones (excluding diaryl/α,β-unsaturated/α-hetero) is 1. The normalized spacial score (nSPS) is 19.4. The summed E-state index contributed by atoms with van der Waals surface area (Å²) in [6, 6.07) is 8.87. The van der Waals surface area contributed by atoms with E-state index in [9.17, 15) is 9.59 Å². The number of carbonyl (C=O) groups excluding carboxylic acids is 2. The van der Waals surface area contributed by atoms with E-state index in [-0.39, 0.29) is 24.4 Å². The molecule has 1 heterocycles. The van der Waals surface area contributed by atoms with E-state index in [0.29, 0.717) is 5.56 Å². The van der Waals surface area contributed by atoms with Crippen LogP contribution in [0.15, 0.2) is 42.1 Å². The van der Waals surface area contributed by atoms with E-state index in [4.69, 9.17) is 0 Å². The molecule has 1 aromatic rings. The summed E-state index contributed by atoms with van der Waals surface area (Å²) in [5, 5.41) is 0. The summed E-state index contributed by atoms with van der Waals surface area (Å²) in [7, 11) is 1.72. The first-order chi connectivity index (χ1) is 9.00. The number of hydrogen-bond donors (Lipinski definition) is 0. The van der Waals surface area contributed by atoms with Gasteiger partial charge in [0.1, 0.15) is 0 Å². The molecule has 0 saturated carbocycles. The molecule has 4 nitrogen and oxygen atoms in total. The highest BCUT2D eigenvalue weighted by atomic mass is 16.2. The molecule has 1 atom stereocenters. The van der Waals surface area contributed by atoms with Crippen LogP contribution in [-0.2, 0) is 0 Å². The third-order valence-electron chi connectivity index (χ3n) is 3.45. The van der Waals surface area contributed by atoms with Gasteiger partial charge in [0.2, 0.25) is 0 Å². The second-order valence-electron chi connectivity index (χ2n) is 4.81. The maximum absolute atomic E-state index is 12.2. The van der Waals surface area contributed by atoms with Crippen LogP contribution in [0.25, 0.3) is 0 Å². The molecule has 1 aromatic carbocycles. The van der Waals surface area contributed by atoms with Gasteiger partial charge in [0.15, 0.2) is 5.78 Å². The van der Waals surface area contributed by atoms with Crippen LogP contribution in [0.3, 0.4) is 0 Å². The molecule has 0 aromatic heterocycles. The lowest BCUT2D eigenvalue weighted by atomic mass is 10.1. The van der Waals surface area contributed by atoms with Crippen molar-refractivity contribution in [3.63, 3.8) is 0 Å². The van der Waals surface area contributed by atoms with E-state index in [0.717, 1.165) is 5.70 Å². The van der Waals surface area contributed by atoms with Crippen molar-refractivity contribution in [2.24, 2.45) is 0 Å². The van der Waals surface area contributed by atoms with Gasteiger partial charge in [-0.25, -0.2) is 4.79 Å². The van der Waals surface area contributed by atoms with Crippen LogP contribution >= 0.6 is 0 Å². The fraction of sp³-hybridized carbons (Fsp3) is 0.333. The SMILES string of the molecule is CC1=CC(C)N(CC(=O)c2ccccc2)C(=O)N1C. The number of carbonyl (C=O) groups is 2. The van der Waals surface area contributed by atoms with Crippen molar-refractivity contribution >= 4 is 11.8 Å². The van der Waals surface area contributed by atoms with E-state index in [1.807, 2.05) is 38.1 Å². The summed E-state index contributed by atoms with van der Waals surface area (Å²) in [5.74, 6) is -0.0397. The minimum Gasteiger partial charge on any atom is -0.310 e. The highest BCUT2D eigenvalue weighted by molar-refractivity contribution is 5.99. The van der Waals surface area contributed by atoms with Crippen LogP contribution in [0, 0.1) is 0 Å². The van der Waals surface area contributed by atoms with Crippen molar-refractivity contribution in [3.05, 3.63) is 47.7 Å². The molecule has 0 N–H and O–H groups in total. The number of amides is 2. The van der Waals surface area contributed by atoms with E-state index in [1.54, 1.807) is 29.0 Å². The standard InChI is InChI=1S/C15H18N2O2/c1-11-9-12(2)17(15(19)16(11)3)10-14(18)13-7-5-4-6-8-13/h4-9,12H,10H2,1-3H3. The summed E-state index contributed by atoms with van der Waals surface area (Å²) < 4.78 is 0. The summed E-state index contributed by atoms with van der Waals surface area (Å²) >= 11 is 0. The van der Waals surface area contributed by atoms with Gasteiger partial charge in [-0.3, -0.25) is 4.79 Å². The van der Waals surface area contributed by atoms with Crippen LogP contribution in [0.1, 0.15) is 24.2 Å². The minimum absolute atomic E-state index is 0.0397. The highest BCUT2D eigenvalue weighted by Gasteiger charge is 2.29. The minimum atomic E-state index is -0.128. The van der Waals surface area contributed by atoms with Crippen LogP contribution in [0.2, 0.25) is 0 Å². The van der Waals surface area contributed by atoms with Gasteiger partial charge in [-0.15, -0.1) is 0 Å². The van der Waals surface area contributed by atoms with Gasteiger partial charge >= 0.3 is 6.03 Å². The molecule has 2 amide bonds.